The van der Waals surface area contributed by atoms with Gasteiger partial charge >= 0.3 is 0 Å². The highest BCUT2D eigenvalue weighted by Gasteiger charge is 2.29. The number of benzene rings is 1. The summed E-state index contributed by atoms with van der Waals surface area (Å²) < 4.78 is 0.972. The first-order chi connectivity index (χ1) is 11.5. The second-order valence-corrected chi connectivity index (χ2v) is 6.93. The van der Waals surface area contributed by atoms with Gasteiger partial charge in [0, 0.05) is 35.4 Å². The van der Waals surface area contributed by atoms with Gasteiger partial charge in [-0.3, -0.25) is 9.69 Å². The molecule has 2 aromatic rings. The topological polar surface area (TPSA) is 75.4 Å². The van der Waals surface area contributed by atoms with E-state index in [9.17, 15) is 4.79 Å². The van der Waals surface area contributed by atoms with Gasteiger partial charge in [-0.1, -0.05) is 15.9 Å². The van der Waals surface area contributed by atoms with Gasteiger partial charge in [-0.15, -0.1) is 0 Å². The summed E-state index contributed by atoms with van der Waals surface area (Å²) in [6, 6.07) is 9.47. The van der Waals surface area contributed by atoms with Crippen molar-refractivity contribution in [3.8, 4) is 0 Å². The third kappa shape index (κ3) is 3.91. The minimum absolute atomic E-state index is 0.0820. The first kappa shape index (κ1) is 16.9. The van der Waals surface area contributed by atoms with Gasteiger partial charge in [0.15, 0.2) is 0 Å². The fraction of sp³-hybridized carbons (Fsp3) is 0.353. The zero-order valence-electron chi connectivity index (χ0n) is 13.5. The van der Waals surface area contributed by atoms with Gasteiger partial charge < -0.3 is 10.6 Å². The Morgan fingerprint density at radius 1 is 1.38 bits per heavy atom. The molecule has 0 aliphatic carbocycles. The van der Waals surface area contributed by atoms with E-state index in [0.717, 1.165) is 23.0 Å². The van der Waals surface area contributed by atoms with Crippen LogP contribution in [-0.4, -0.2) is 51.9 Å². The lowest BCUT2D eigenvalue weighted by molar-refractivity contribution is 0.0779. The van der Waals surface area contributed by atoms with Crippen LogP contribution in [0.15, 0.2) is 41.0 Å². The van der Waals surface area contributed by atoms with Crippen molar-refractivity contribution in [1.82, 2.24) is 19.8 Å². The monoisotopic (exact) mass is 389 g/mol. The number of halogens is 1. The summed E-state index contributed by atoms with van der Waals surface area (Å²) in [5, 5.41) is 0. The standard InChI is InChI=1S/C17H20BrN5O/c1-22(11-16-20-8-6-15(19)21-16)14-7-9-23(10-14)17(24)12-2-4-13(18)5-3-12/h2-6,8,14H,7,9-11H2,1H3,(H2,19,20,21). The van der Waals surface area contributed by atoms with Crippen molar-refractivity contribution in [3.63, 3.8) is 0 Å². The smallest absolute Gasteiger partial charge is 0.253 e. The number of carbonyl (C=O) groups is 1. The molecule has 24 heavy (non-hydrogen) atoms. The van der Waals surface area contributed by atoms with Crippen LogP contribution in [0.1, 0.15) is 22.6 Å². The van der Waals surface area contributed by atoms with Gasteiger partial charge in [0.1, 0.15) is 11.6 Å². The van der Waals surface area contributed by atoms with Gasteiger partial charge in [-0.2, -0.15) is 0 Å². The molecule has 1 aliphatic heterocycles. The van der Waals surface area contributed by atoms with Crippen LogP contribution < -0.4 is 5.73 Å². The first-order valence-electron chi connectivity index (χ1n) is 7.85. The van der Waals surface area contributed by atoms with Crippen LogP contribution in [0.2, 0.25) is 0 Å². The molecule has 0 radical (unpaired) electrons. The molecule has 0 saturated carbocycles. The maximum absolute atomic E-state index is 12.6. The highest BCUT2D eigenvalue weighted by atomic mass is 79.9. The van der Waals surface area contributed by atoms with Crippen LogP contribution >= 0.6 is 15.9 Å². The summed E-state index contributed by atoms with van der Waals surface area (Å²) in [6.45, 7) is 2.10. The van der Waals surface area contributed by atoms with Crippen molar-refractivity contribution in [1.29, 1.82) is 0 Å². The van der Waals surface area contributed by atoms with Crippen molar-refractivity contribution in [2.45, 2.75) is 19.0 Å². The average molecular weight is 390 g/mol. The Hall–Kier alpha value is -1.99. The molecule has 3 rings (SSSR count). The molecule has 1 aromatic carbocycles. The van der Waals surface area contributed by atoms with Crippen LogP contribution in [0.4, 0.5) is 5.82 Å². The number of likely N-dealkylation sites (tertiary alicyclic amines) is 1. The molecule has 2 N–H and O–H groups in total. The number of nitrogens with two attached hydrogens (primary N) is 1. The number of amides is 1. The van der Waals surface area contributed by atoms with E-state index in [2.05, 4.69) is 30.8 Å². The molecule has 1 aliphatic rings. The number of hydrogen-bond donors (Lipinski definition) is 1. The Balaban J connectivity index is 1.60. The van der Waals surface area contributed by atoms with Crippen LogP contribution in [-0.2, 0) is 6.54 Å². The average Bonchev–Trinajstić information content (AvgIpc) is 3.05. The Bertz CT molecular complexity index is 721. The number of nitrogen functional groups attached to an aromatic ring is 1. The van der Waals surface area contributed by atoms with Gasteiger partial charge in [0.2, 0.25) is 0 Å². The molecular formula is C17H20BrN5O. The minimum atomic E-state index is 0.0820. The number of hydrogen-bond acceptors (Lipinski definition) is 5. The third-order valence-electron chi connectivity index (χ3n) is 4.28. The summed E-state index contributed by atoms with van der Waals surface area (Å²) in [4.78, 5) is 25.1. The third-order valence-corrected chi connectivity index (χ3v) is 4.81. The van der Waals surface area contributed by atoms with E-state index in [1.807, 2.05) is 36.2 Å². The van der Waals surface area contributed by atoms with Crippen LogP contribution in [0.5, 0.6) is 0 Å². The first-order valence-corrected chi connectivity index (χ1v) is 8.64. The van der Waals surface area contributed by atoms with E-state index >= 15 is 0 Å². The van der Waals surface area contributed by atoms with E-state index < -0.39 is 0 Å². The van der Waals surface area contributed by atoms with Crippen molar-refractivity contribution >= 4 is 27.7 Å². The summed E-state index contributed by atoms with van der Waals surface area (Å²) in [5.74, 6) is 1.26. The highest BCUT2D eigenvalue weighted by Crippen LogP contribution is 2.19. The van der Waals surface area contributed by atoms with E-state index in [4.69, 9.17) is 5.73 Å². The fourth-order valence-electron chi connectivity index (χ4n) is 2.90. The number of aromatic nitrogens is 2. The molecular weight excluding hydrogens is 370 g/mol. The molecule has 0 spiro atoms. The lowest BCUT2D eigenvalue weighted by Gasteiger charge is -2.24. The lowest BCUT2D eigenvalue weighted by atomic mass is 10.2. The van der Waals surface area contributed by atoms with Gasteiger partial charge in [0.25, 0.3) is 5.91 Å². The molecule has 1 amide bonds. The number of carbonyl (C=O) groups excluding carboxylic acids is 1. The number of likely N-dealkylation sites (N-methyl/N-ethyl adjacent to an activating group) is 1. The van der Waals surface area contributed by atoms with Gasteiger partial charge in [-0.05, 0) is 43.8 Å². The molecule has 1 aromatic heterocycles. The predicted octanol–water partition coefficient (Wildman–Crippen LogP) is 2.17. The van der Waals surface area contributed by atoms with Gasteiger partial charge in [0.05, 0.1) is 6.54 Å². The molecule has 2 heterocycles. The van der Waals surface area contributed by atoms with Crippen molar-refractivity contribution in [2.75, 3.05) is 25.9 Å². The second kappa shape index (κ2) is 7.27. The Labute approximate surface area is 149 Å². The van der Waals surface area contributed by atoms with E-state index in [-0.39, 0.29) is 5.91 Å². The van der Waals surface area contributed by atoms with Crippen LogP contribution in [0, 0.1) is 0 Å². The normalized spacial score (nSPS) is 17.5. The predicted molar refractivity (Wildman–Crippen MR) is 96.4 cm³/mol. The quantitative estimate of drug-likeness (QED) is 0.866. The molecule has 6 nitrogen and oxygen atoms in total. The van der Waals surface area contributed by atoms with Crippen LogP contribution in [0.3, 0.4) is 0 Å². The van der Waals surface area contributed by atoms with E-state index in [1.54, 1.807) is 12.3 Å². The summed E-state index contributed by atoms with van der Waals surface area (Å²) >= 11 is 3.39. The summed E-state index contributed by atoms with van der Waals surface area (Å²) in [5.41, 5.74) is 6.42. The van der Waals surface area contributed by atoms with E-state index in [1.165, 1.54) is 0 Å². The molecule has 1 fully saturated rings. The van der Waals surface area contributed by atoms with Crippen molar-refractivity contribution in [2.24, 2.45) is 0 Å². The van der Waals surface area contributed by atoms with Gasteiger partial charge in [-0.25, -0.2) is 9.97 Å². The maximum atomic E-state index is 12.6. The van der Waals surface area contributed by atoms with Crippen molar-refractivity contribution in [3.05, 3.63) is 52.4 Å². The Morgan fingerprint density at radius 3 is 2.83 bits per heavy atom. The summed E-state index contributed by atoms with van der Waals surface area (Å²) in [7, 11) is 2.03. The fourth-order valence-corrected chi connectivity index (χ4v) is 3.17. The SMILES string of the molecule is CN(Cc1nccc(N)n1)C1CCN(C(=O)c2ccc(Br)cc2)C1. The highest BCUT2D eigenvalue weighted by molar-refractivity contribution is 9.10. The number of nitrogens with zero attached hydrogens (tertiary/aromatic N) is 4. The molecule has 126 valence electrons. The lowest BCUT2D eigenvalue weighted by Crippen LogP contribution is -2.36. The molecule has 1 atom stereocenters. The molecule has 7 heteroatoms. The molecule has 1 saturated heterocycles. The largest absolute Gasteiger partial charge is 0.384 e. The Morgan fingerprint density at radius 2 is 2.12 bits per heavy atom. The zero-order chi connectivity index (χ0) is 17.1. The number of rotatable bonds is 4. The van der Waals surface area contributed by atoms with Crippen molar-refractivity contribution < 1.29 is 4.79 Å². The second-order valence-electron chi connectivity index (χ2n) is 6.01. The molecule has 1 unspecified atom stereocenters. The van der Waals surface area contributed by atoms with E-state index in [0.29, 0.717) is 30.8 Å². The molecule has 0 bridgehead atoms. The Kier molecular flexibility index (Phi) is 5.11. The minimum Gasteiger partial charge on any atom is -0.384 e. The zero-order valence-corrected chi connectivity index (χ0v) is 15.1. The summed E-state index contributed by atoms with van der Waals surface area (Å²) in [6.07, 6.45) is 2.62. The number of anilines is 1. The van der Waals surface area contributed by atoms with Crippen LogP contribution in [0.25, 0.3) is 0 Å². The maximum Gasteiger partial charge on any atom is 0.253 e.